The minimum Gasteiger partial charge on any atom is -0.403 e. The van der Waals surface area contributed by atoms with Gasteiger partial charge in [0.15, 0.2) is 0 Å². The molecule has 2 heterocycles. The monoisotopic (exact) mass is 373 g/mol. The molecule has 0 aliphatic rings. The Kier molecular flexibility index (Phi) is 5.59. The fraction of sp³-hybridized carbons (Fsp3) is 0.235. The van der Waals surface area contributed by atoms with E-state index in [-0.39, 0.29) is 24.1 Å². The number of anilines is 3. The molecule has 8 nitrogen and oxygen atoms in total. The zero-order chi connectivity index (χ0) is 18.5. The first-order chi connectivity index (χ1) is 12.6. The van der Waals surface area contributed by atoms with Crippen LogP contribution < -0.4 is 16.2 Å². The van der Waals surface area contributed by atoms with Gasteiger partial charge in [-0.25, -0.2) is 0 Å². The molecule has 2 aromatic heterocycles. The van der Waals surface area contributed by atoms with Crippen molar-refractivity contribution in [2.75, 3.05) is 30.0 Å². The SMILES string of the molecule is CSc1ccc(Nc2cc(=O)n(C)cc2-c2nnc(NCCO)o2)cc1. The highest BCUT2D eigenvalue weighted by molar-refractivity contribution is 7.98. The Morgan fingerprint density at radius 1 is 1.27 bits per heavy atom. The molecule has 3 aromatic rings. The highest BCUT2D eigenvalue weighted by Crippen LogP contribution is 2.29. The largest absolute Gasteiger partial charge is 0.403 e. The summed E-state index contributed by atoms with van der Waals surface area (Å²) in [6, 6.07) is 9.57. The molecule has 0 radical (unpaired) electrons. The van der Waals surface area contributed by atoms with Crippen LogP contribution in [-0.2, 0) is 7.05 Å². The van der Waals surface area contributed by atoms with E-state index in [9.17, 15) is 4.79 Å². The lowest BCUT2D eigenvalue weighted by Crippen LogP contribution is -2.16. The van der Waals surface area contributed by atoms with Crippen molar-refractivity contribution in [3.05, 3.63) is 46.9 Å². The van der Waals surface area contributed by atoms with Crippen LogP contribution in [0.3, 0.4) is 0 Å². The molecule has 0 unspecified atom stereocenters. The van der Waals surface area contributed by atoms with Gasteiger partial charge in [0, 0.05) is 36.4 Å². The van der Waals surface area contributed by atoms with Crippen molar-refractivity contribution in [1.82, 2.24) is 14.8 Å². The summed E-state index contributed by atoms with van der Waals surface area (Å²) in [5, 5.41) is 22.8. The second-order valence-corrected chi connectivity index (χ2v) is 6.35. The Hall–Kier alpha value is -2.78. The molecule has 0 saturated carbocycles. The zero-order valence-corrected chi connectivity index (χ0v) is 15.2. The lowest BCUT2D eigenvalue weighted by atomic mass is 10.2. The summed E-state index contributed by atoms with van der Waals surface area (Å²) < 4.78 is 7.03. The maximum Gasteiger partial charge on any atom is 0.315 e. The average Bonchev–Trinajstić information content (AvgIpc) is 3.12. The number of aliphatic hydroxyl groups is 1. The molecule has 3 rings (SSSR count). The topological polar surface area (TPSA) is 105 Å². The van der Waals surface area contributed by atoms with E-state index in [0.29, 0.717) is 17.8 Å². The third-order valence-corrected chi connectivity index (χ3v) is 4.38. The van der Waals surface area contributed by atoms with Crippen LogP contribution in [-0.4, -0.2) is 39.3 Å². The maximum absolute atomic E-state index is 12.1. The standard InChI is InChI=1S/C17H19N5O3S/c1-22-10-13(16-20-21-17(25-16)18-7-8-23)14(9-15(22)24)19-11-3-5-12(26-2)6-4-11/h3-6,9-10,19,23H,7-8H2,1-2H3,(H,18,21). The van der Waals surface area contributed by atoms with Crippen LogP contribution in [0.4, 0.5) is 17.4 Å². The molecule has 0 aliphatic heterocycles. The molecular formula is C17H19N5O3S. The fourth-order valence-corrected chi connectivity index (χ4v) is 2.71. The van der Waals surface area contributed by atoms with E-state index >= 15 is 0 Å². The van der Waals surface area contributed by atoms with Crippen molar-refractivity contribution in [2.24, 2.45) is 7.05 Å². The summed E-state index contributed by atoms with van der Waals surface area (Å²) in [5.41, 5.74) is 1.86. The van der Waals surface area contributed by atoms with Gasteiger partial charge in [0.2, 0.25) is 0 Å². The number of rotatable bonds is 7. The van der Waals surface area contributed by atoms with E-state index in [0.717, 1.165) is 10.6 Å². The molecule has 0 spiro atoms. The lowest BCUT2D eigenvalue weighted by molar-refractivity contribution is 0.309. The smallest absolute Gasteiger partial charge is 0.315 e. The van der Waals surface area contributed by atoms with Crippen LogP contribution in [0, 0.1) is 0 Å². The van der Waals surface area contributed by atoms with Gasteiger partial charge in [-0.1, -0.05) is 5.10 Å². The highest BCUT2D eigenvalue weighted by Gasteiger charge is 2.15. The van der Waals surface area contributed by atoms with E-state index in [4.69, 9.17) is 9.52 Å². The van der Waals surface area contributed by atoms with Gasteiger partial charge >= 0.3 is 6.01 Å². The van der Waals surface area contributed by atoms with E-state index < -0.39 is 0 Å². The normalized spacial score (nSPS) is 10.7. The maximum atomic E-state index is 12.1. The Labute approximate surface area is 154 Å². The minimum absolute atomic E-state index is 0.0452. The second kappa shape index (κ2) is 8.07. The molecule has 3 N–H and O–H groups in total. The molecule has 0 aliphatic carbocycles. The van der Waals surface area contributed by atoms with Gasteiger partial charge in [-0.3, -0.25) is 4.79 Å². The number of nitrogens with zero attached hydrogens (tertiary/aromatic N) is 3. The first kappa shape index (κ1) is 18.0. The number of benzene rings is 1. The Morgan fingerprint density at radius 2 is 2.04 bits per heavy atom. The Morgan fingerprint density at radius 3 is 2.73 bits per heavy atom. The van der Waals surface area contributed by atoms with Crippen molar-refractivity contribution >= 4 is 29.2 Å². The summed E-state index contributed by atoms with van der Waals surface area (Å²) in [6.45, 7) is 0.262. The van der Waals surface area contributed by atoms with Crippen LogP contribution in [0.2, 0.25) is 0 Å². The molecule has 0 saturated heterocycles. The van der Waals surface area contributed by atoms with Gasteiger partial charge in [-0.05, 0) is 30.5 Å². The van der Waals surface area contributed by atoms with Gasteiger partial charge in [-0.2, -0.15) is 0 Å². The van der Waals surface area contributed by atoms with Crippen molar-refractivity contribution in [3.63, 3.8) is 0 Å². The number of pyridine rings is 1. The minimum atomic E-state index is -0.157. The number of aliphatic hydroxyl groups excluding tert-OH is 1. The molecular weight excluding hydrogens is 354 g/mol. The summed E-state index contributed by atoms with van der Waals surface area (Å²) in [6.07, 6.45) is 3.66. The molecule has 0 atom stereocenters. The van der Waals surface area contributed by atoms with E-state index in [1.165, 1.54) is 10.6 Å². The van der Waals surface area contributed by atoms with Gasteiger partial charge in [0.25, 0.3) is 11.4 Å². The second-order valence-electron chi connectivity index (χ2n) is 5.47. The number of aryl methyl sites for hydroxylation is 1. The lowest BCUT2D eigenvalue weighted by Gasteiger charge is -2.11. The van der Waals surface area contributed by atoms with E-state index in [1.807, 2.05) is 30.5 Å². The van der Waals surface area contributed by atoms with Crippen LogP contribution in [0.5, 0.6) is 0 Å². The van der Waals surface area contributed by atoms with Crippen LogP contribution in [0.15, 0.2) is 50.6 Å². The number of hydrogen-bond acceptors (Lipinski definition) is 8. The van der Waals surface area contributed by atoms with Crippen LogP contribution >= 0.6 is 11.8 Å². The first-order valence-electron chi connectivity index (χ1n) is 7.91. The number of aromatic nitrogens is 3. The third kappa shape index (κ3) is 4.06. The van der Waals surface area contributed by atoms with Crippen molar-refractivity contribution < 1.29 is 9.52 Å². The van der Waals surface area contributed by atoms with Gasteiger partial charge in [0.05, 0.1) is 17.9 Å². The summed E-state index contributed by atoms with van der Waals surface area (Å²) in [4.78, 5) is 13.2. The van der Waals surface area contributed by atoms with Crippen molar-refractivity contribution in [2.45, 2.75) is 4.90 Å². The van der Waals surface area contributed by atoms with E-state index in [1.54, 1.807) is 25.0 Å². The van der Waals surface area contributed by atoms with Crippen LogP contribution in [0.1, 0.15) is 0 Å². The molecule has 1 aromatic carbocycles. The summed E-state index contributed by atoms with van der Waals surface area (Å²) >= 11 is 1.66. The number of nitrogens with one attached hydrogen (secondary N) is 2. The third-order valence-electron chi connectivity index (χ3n) is 3.64. The van der Waals surface area contributed by atoms with Gasteiger partial charge in [0.1, 0.15) is 0 Å². The van der Waals surface area contributed by atoms with Gasteiger partial charge < -0.3 is 24.7 Å². The van der Waals surface area contributed by atoms with E-state index in [2.05, 4.69) is 20.8 Å². The summed E-state index contributed by atoms with van der Waals surface area (Å²) in [5.74, 6) is 0.268. The molecule has 0 bridgehead atoms. The van der Waals surface area contributed by atoms with Crippen molar-refractivity contribution in [1.29, 1.82) is 0 Å². The number of thioether (sulfide) groups is 1. The predicted molar refractivity (Wildman–Crippen MR) is 102 cm³/mol. The number of hydrogen-bond donors (Lipinski definition) is 3. The molecule has 0 fully saturated rings. The Balaban J connectivity index is 1.95. The predicted octanol–water partition coefficient (Wildman–Crippen LogP) is 2.30. The van der Waals surface area contributed by atoms with Gasteiger partial charge in [-0.15, -0.1) is 16.9 Å². The summed E-state index contributed by atoms with van der Waals surface area (Å²) in [7, 11) is 1.66. The average molecular weight is 373 g/mol. The zero-order valence-electron chi connectivity index (χ0n) is 14.4. The Bertz CT molecular complexity index is 936. The highest BCUT2D eigenvalue weighted by atomic mass is 32.2. The first-order valence-corrected chi connectivity index (χ1v) is 9.13. The molecule has 9 heteroatoms. The fourth-order valence-electron chi connectivity index (χ4n) is 2.30. The molecule has 26 heavy (non-hydrogen) atoms. The van der Waals surface area contributed by atoms with Crippen LogP contribution in [0.25, 0.3) is 11.5 Å². The molecule has 0 amide bonds. The molecule has 136 valence electrons. The quantitative estimate of drug-likeness (QED) is 0.542. The van der Waals surface area contributed by atoms with Crippen molar-refractivity contribution in [3.8, 4) is 11.5 Å².